The minimum absolute atomic E-state index is 0. The zero-order valence-electron chi connectivity index (χ0n) is 5.88. The molecule has 0 aliphatic heterocycles. The smallest absolute Gasteiger partial charge is 0 e. The average Bonchev–Trinajstić information content (AvgIpc) is 1.91. The second-order valence-corrected chi connectivity index (χ2v) is 1.91. The minimum atomic E-state index is 0. The van der Waals surface area contributed by atoms with E-state index in [9.17, 15) is 0 Å². The van der Waals surface area contributed by atoms with Crippen molar-refractivity contribution in [2.24, 2.45) is 0 Å². The van der Waals surface area contributed by atoms with Gasteiger partial charge < -0.3 is 5.32 Å². The Bertz CT molecular complexity index is 162. The van der Waals surface area contributed by atoms with Crippen LogP contribution in [0.2, 0.25) is 0 Å². The van der Waals surface area contributed by atoms with Crippen LogP contribution in [-0.4, -0.2) is 0 Å². The summed E-state index contributed by atoms with van der Waals surface area (Å²) in [5.41, 5.74) is 1.27. The molecule has 0 heterocycles. The standard InChI is InChI=1S/C8H10N.Y/c1-9-7-8-5-3-2-4-6-8;/h2-6,9H,1,7H2;/q-1;. The Morgan fingerprint density at radius 3 is 2.30 bits per heavy atom. The van der Waals surface area contributed by atoms with E-state index in [1.165, 1.54) is 5.56 Å². The number of nitrogens with one attached hydrogen (secondary N) is 1. The maximum absolute atomic E-state index is 3.53. The van der Waals surface area contributed by atoms with Crippen LogP contribution in [0.5, 0.6) is 0 Å². The molecule has 1 aromatic rings. The van der Waals surface area contributed by atoms with Crippen molar-refractivity contribution in [3.05, 3.63) is 42.9 Å². The Balaban J connectivity index is 0.000000810. The average molecular weight is 209 g/mol. The van der Waals surface area contributed by atoms with Gasteiger partial charge >= 0.3 is 0 Å². The third-order valence-corrected chi connectivity index (χ3v) is 1.17. The van der Waals surface area contributed by atoms with E-state index in [0.29, 0.717) is 0 Å². The van der Waals surface area contributed by atoms with Gasteiger partial charge in [-0.25, -0.2) is 0 Å². The molecule has 1 rings (SSSR count). The van der Waals surface area contributed by atoms with E-state index < -0.39 is 0 Å². The SMILES string of the molecule is [CH2-]NCc1ccccc1.[Y]. The van der Waals surface area contributed by atoms with Crippen LogP contribution in [0.3, 0.4) is 0 Å². The zero-order valence-corrected chi connectivity index (χ0v) is 8.72. The summed E-state index contributed by atoms with van der Waals surface area (Å²) >= 11 is 0. The van der Waals surface area contributed by atoms with Crippen LogP contribution in [0.15, 0.2) is 30.3 Å². The summed E-state index contributed by atoms with van der Waals surface area (Å²) in [7, 11) is 3.53. The third-order valence-electron chi connectivity index (χ3n) is 1.17. The predicted molar refractivity (Wildman–Crippen MR) is 38.6 cm³/mol. The summed E-state index contributed by atoms with van der Waals surface area (Å²) in [5, 5.41) is 2.83. The molecule has 0 unspecified atom stereocenters. The van der Waals surface area contributed by atoms with Gasteiger partial charge in [0.05, 0.1) is 0 Å². The molecule has 1 N–H and O–H groups in total. The Kier molecular flexibility index (Phi) is 6.20. The molecule has 0 bridgehead atoms. The van der Waals surface area contributed by atoms with E-state index in [0.717, 1.165) is 6.54 Å². The molecule has 1 nitrogen and oxygen atoms in total. The molecule has 10 heavy (non-hydrogen) atoms. The molecule has 0 fully saturated rings. The topological polar surface area (TPSA) is 12.0 Å². The molecule has 0 amide bonds. The molecule has 0 saturated heterocycles. The van der Waals surface area contributed by atoms with E-state index in [1.807, 2.05) is 18.2 Å². The second-order valence-electron chi connectivity index (χ2n) is 1.91. The van der Waals surface area contributed by atoms with E-state index >= 15 is 0 Å². The first kappa shape index (κ1) is 10.3. The monoisotopic (exact) mass is 209 g/mol. The normalized spacial score (nSPS) is 8.50. The van der Waals surface area contributed by atoms with Crippen LogP contribution in [0, 0.1) is 7.05 Å². The van der Waals surface area contributed by atoms with Gasteiger partial charge in [-0.05, 0) is 12.1 Å². The quantitative estimate of drug-likeness (QED) is 0.729. The second kappa shape index (κ2) is 6.02. The van der Waals surface area contributed by atoms with Crippen molar-refractivity contribution in [2.45, 2.75) is 6.54 Å². The summed E-state index contributed by atoms with van der Waals surface area (Å²) in [4.78, 5) is 0. The van der Waals surface area contributed by atoms with Crippen LogP contribution >= 0.6 is 0 Å². The van der Waals surface area contributed by atoms with Crippen molar-refractivity contribution < 1.29 is 32.7 Å². The Hall–Kier alpha value is 0.284. The van der Waals surface area contributed by atoms with Crippen LogP contribution in [0.4, 0.5) is 0 Å². The first-order chi connectivity index (χ1) is 4.43. The van der Waals surface area contributed by atoms with Crippen LogP contribution in [0.1, 0.15) is 5.56 Å². The van der Waals surface area contributed by atoms with Gasteiger partial charge in [0, 0.05) is 32.7 Å². The number of benzene rings is 1. The fourth-order valence-corrected chi connectivity index (χ4v) is 0.740. The molecule has 0 aliphatic rings. The molecule has 0 saturated carbocycles. The van der Waals surface area contributed by atoms with Crippen molar-refractivity contribution in [3.63, 3.8) is 0 Å². The van der Waals surface area contributed by atoms with Crippen molar-refractivity contribution in [1.82, 2.24) is 5.32 Å². The molecule has 1 aromatic carbocycles. The molecular formula is C8H10NY-. The van der Waals surface area contributed by atoms with Gasteiger partial charge in [-0.2, -0.15) is 0 Å². The molecular weight excluding hydrogens is 199 g/mol. The maximum Gasteiger partial charge on any atom is 0 e. The van der Waals surface area contributed by atoms with E-state index in [-0.39, 0.29) is 32.7 Å². The Labute approximate surface area is 87.1 Å². The van der Waals surface area contributed by atoms with Gasteiger partial charge in [0.1, 0.15) is 0 Å². The molecule has 0 aromatic heterocycles. The summed E-state index contributed by atoms with van der Waals surface area (Å²) in [5.74, 6) is 0. The summed E-state index contributed by atoms with van der Waals surface area (Å²) in [6, 6.07) is 10.2. The van der Waals surface area contributed by atoms with Crippen molar-refractivity contribution >= 4 is 0 Å². The van der Waals surface area contributed by atoms with E-state index in [2.05, 4.69) is 24.5 Å². The van der Waals surface area contributed by atoms with E-state index in [1.54, 1.807) is 0 Å². The summed E-state index contributed by atoms with van der Waals surface area (Å²) < 4.78 is 0. The third kappa shape index (κ3) is 3.45. The van der Waals surface area contributed by atoms with Crippen molar-refractivity contribution in [3.8, 4) is 0 Å². The molecule has 2 heteroatoms. The fraction of sp³-hybridized carbons (Fsp3) is 0.125. The van der Waals surface area contributed by atoms with Gasteiger partial charge in [0.25, 0.3) is 0 Å². The van der Waals surface area contributed by atoms with Gasteiger partial charge in [-0.15, -0.1) is 0 Å². The van der Waals surface area contributed by atoms with Crippen LogP contribution in [-0.2, 0) is 39.3 Å². The zero-order chi connectivity index (χ0) is 6.53. The molecule has 51 valence electrons. The predicted octanol–water partition coefficient (Wildman–Crippen LogP) is 1.57. The molecule has 0 aliphatic carbocycles. The maximum atomic E-state index is 3.53. The molecule has 0 atom stereocenters. The van der Waals surface area contributed by atoms with Crippen molar-refractivity contribution in [1.29, 1.82) is 0 Å². The fourth-order valence-electron chi connectivity index (χ4n) is 0.740. The van der Waals surface area contributed by atoms with Gasteiger partial charge in [-0.3, -0.25) is 7.05 Å². The number of hydrogen-bond acceptors (Lipinski definition) is 1. The first-order valence-electron chi connectivity index (χ1n) is 2.97. The Morgan fingerprint density at radius 2 is 1.80 bits per heavy atom. The molecule has 1 radical (unpaired) electrons. The van der Waals surface area contributed by atoms with Gasteiger partial charge in [-0.1, -0.05) is 30.3 Å². The first-order valence-corrected chi connectivity index (χ1v) is 2.97. The Morgan fingerprint density at radius 1 is 1.20 bits per heavy atom. The van der Waals surface area contributed by atoms with Gasteiger partial charge in [0.15, 0.2) is 0 Å². The van der Waals surface area contributed by atoms with Crippen LogP contribution in [0.25, 0.3) is 0 Å². The van der Waals surface area contributed by atoms with Gasteiger partial charge in [0.2, 0.25) is 0 Å². The molecule has 0 spiro atoms. The summed E-state index contributed by atoms with van der Waals surface area (Å²) in [6.07, 6.45) is 0. The minimum Gasteiger partial charge on any atom is -0.469 e. The van der Waals surface area contributed by atoms with Crippen molar-refractivity contribution in [2.75, 3.05) is 0 Å². The largest absolute Gasteiger partial charge is 0.469 e. The number of hydrogen-bond donors (Lipinski definition) is 1. The summed E-state index contributed by atoms with van der Waals surface area (Å²) in [6.45, 7) is 0.848. The van der Waals surface area contributed by atoms with Crippen LogP contribution < -0.4 is 5.32 Å². The number of rotatable bonds is 2. The van der Waals surface area contributed by atoms with E-state index in [4.69, 9.17) is 0 Å².